The summed E-state index contributed by atoms with van der Waals surface area (Å²) < 4.78 is 23.2. The molecule has 2 heterocycles. The second-order valence-electron chi connectivity index (χ2n) is 4.92. The van der Waals surface area contributed by atoms with E-state index in [1.807, 2.05) is 0 Å². The van der Waals surface area contributed by atoms with Gasteiger partial charge in [0, 0.05) is 37.3 Å². The average Bonchev–Trinajstić information content (AvgIpc) is 2.34. The molecular formula is C12H16Cl2N2O2S. The van der Waals surface area contributed by atoms with Gasteiger partial charge in [-0.2, -0.15) is 0 Å². The Morgan fingerprint density at radius 3 is 2.84 bits per heavy atom. The second-order valence-corrected chi connectivity index (χ2v) is 8.03. The molecule has 1 unspecified atom stereocenters. The Labute approximate surface area is 123 Å². The average molecular weight is 323 g/mol. The molecule has 1 saturated heterocycles. The molecule has 2 rings (SSSR count). The molecule has 1 atom stereocenters. The molecule has 0 saturated carbocycles. The summed E-state index contributed by atoms with van der Waals surface area (Å²) >= 11 is 12.0. The van der Waals surface area contributed by atoms with E-state index in [1.54, 1.807) is 6.20 Å². The van der Waals surface area contributed by atoms with Crippen LogP contribution in [0.1, 0.15) is 18.4 Å². The highest BCUT2D eigenvalue weighted by Gasteiger charge is 2.27. The van der Waals surface area contributed by atoms with Crippen molar-refractivity contribution in [1.29, 1.82) is 0 Å². The Bertz CT molecular complexity index is 563. The first-order chi connectivity index (χ1) is 8.88. The van der Waals surface area contributed by atoms with Crippen molar-refractivity contribution in [2.45, 2.75) is 24.6 Å². The number of hydrogen-bond donors (Lipinski definition) is 0. The zero-order chi connectivity index (χ0) is 14.0. The van der Waals surface area contributed by atoms with E-state index >= 15 is 0 Å². The molecule has 1 aromatic rings. The van der Waals surface area contributed by atoms with E-state index in [2.05, 4.69) is 9.88 Å². The molecule has 0 spiro atoms. The molecule has 106 valence electrons. The molecule has 1 aliphatic heterocycles. The molecule has 1 fully saturated rings. The number of aromatic nitrogens is 1. The van der Waals surface area contributed by atoms with Gasteiger partial charge in [-0.3, -0.25) is 9.88 Å². The van der Waals surface area contributed by atoms with Crippen LogP contribution >= 0.6 is 23.2 Å². The molecule has 7 heteroatoms. The van der Waals surface area contributed by atoms with Crippen molar-refractivity contribution < 1.29 is 8.42 Å². The molecule has 0 bridgehead atoms. The maximum Gasteiger partial charge on any atom is 0.151 e. The third-order valence-electron chi connectivity index (χ3n) is 3.37. The third-order valence-corrected chi connectivity index (χ3v) is 5.80. The number of sulfone groups is 1. The van der Waals surface area contributed by atoms with Crippen LogP contribution in [0.5, 0.6) is 0 Å². The standard InChI is InChI=1S/C12H16Cl2N2O2S/c1-19(17,18)10-3-2-4-16(8-10)7-9-5-15-6-11(13)12(9)14/h5-6,10H,2-4,7-8H2,1H3. The Kier molecular flexibility index (Phi) is 4.71. The highest BCUT2D eigenvalue weighted by molar-refractivity contribution is 7.91. The van der Waals surface area contributed by atoms with Gasteiger partial charge in [-0.25, -0.2) is 8.42 Å². The van der Waals surface area contributed by atoms with Gasteiger partial charge in [-0.1, -0.05) is 23.2 Å². The van der Waals surface area contributed by atoms with E-state index in [4.69, 9.17) is 23.2 Å². The van der Waals surface area contributed by atoms with Crippen molar-refractivity contribution in [1.82, 2.24) is 9.88 Å². The van der Waals surface area contributed by atoms with Gasteiger partial charge in [-0.05, 0) is 19.4 Å². The minimum atomic E-state index is -2.99. The van der Waals surface area contributed by atoms with Gasteiger partial charge < -0.3 is 0 Å². The monoisotopic (exact) mass is 322 g/mol. The highest BCUT2D eigenvalue weighted by atomic mass is 35.5. The maximum absolute atomic E-state index is 11.6. The minimum absolute atomic E-state index is 0.285. The van der Waals surface area contributed by atoms with Crippen molar-refractivity contribution in [3.8, 4) is 0 Å². The topological polar surface area (TPSA) is 50.3 Å². The van der Waals surface area contributed by atoms with Crippen molar-refractivity contribution in [3.63, 3.8) is 0 Å². The zero-order valence-corrected chi connectivity index (χ0v) is 13.0. The van der Waals surface area contributed by atoms with E-state index in [1.165, 1.54) is 12.5 Å². The largest absolute Gasteiger partial charge is 0.298 e. The number of halogens is 2. The van der Waals surface area contributed by atoms with Crippen molar-refractivity contribution in [3.05, 3.63) is 28.0 Å². The van der Waals surface area contributed by atoms with Crippen LogP contribution in [0, 0.1) is 0 Å². The quantitative estimate of drug-likeness (QED) is 0.857. The van der Waals surface area contributed by atoms with E-state index in [0.717, 1.165) is 24.9 Å². The second kappa shape index (κ2) is 5.95. The fourth-order valence-corrected chi connectivity index (χ4v) is 3.73. The molecule has 1 aliphatic rings. The molecular weight excluding hydrogens is 307 g/mol. The lowest BCUT2D eigenvalue weighted by Gasteiger charge is -2.31. The normalized spacial score (nSPS) is 21.5. The van der Waals surface area contributed by atoms with Crippen molar-refractivity contribution >= 4 is 33.0 Å². The summed E-state index contributed by atoms with van der Waals surface area (Å²) in [5.74, 6) is 0. The van der Waals surface area contributed by atoms with E-state index in [0.29, 0.717) is 23.1 Å². The van der Waals surface area contributed by atoms with Gasteiger partial charge in [0.05, 0.1) is 15.3 Å². The zero-order valence-electron chi connectivity index (χ0n) is 10.6. The summed E-state index contributed by atoms with van der Waals surface area (Å²) in [6.45, 7) is 1.99. The van der Waals surface area contributed by atoms with E-state index in [9.17, 15) is 8.42 Å². The number of likely N-dealkylation sites (tertiary alicyclic amines) is 1. The predicted octanol–water partition coefficient (Wildman–Crippen LogP) is 2.40. The van der Waals surface area contributed by atoms with Gasteiger partial charge in [-0.15, -0.1) is 0 Å². The molecule has 4 nitrogen and oxygen atoms in total. The van der Waals surface area contributed by atoms with Gasteiger partial charge in [0.2, 0.25) is 0 Å². The molecule has 0 aromatic carbocycles. The lowest BCUT2D eigenvalue weighted by Crippen LogP contribution is -2.41. The maximum atomic E-state index is 11.6. The van der Waals surface area contributed by atoms with Crippen LogP contribution in [-0.2, 0) is 16.4 Å². The highest BCUT2D eigenvalue weighted by Crippen LogP contribution is 2.26. The van der Waals surface area contributed by atoms with Gasteiger partial charge in [0.25, 0.3) is 0 Å². The van der Waals surface area contributed by atoms with Crippen LogP contribution in [0.25, 0.3) is 0 Å². The summed E-state index contributed by atoms with van der Waals surface area (Å²) in [7, 11) is -2.99. The summed E-state index contributed by atoms with van der Waals surface area (Å²) in [5.41, 5.74) is 0.836. The first-order valence-corrected chi connectivity index (χ1v) is 8.78. The summed E-state index contributed by atoms with van der Waals surface area (Å²) in [5, 5.41) is 0.640. The Balaban J connectivity index is 2.09. The minimum Gasteiger partial charge on any atom is -0.298 e. The predicted molar refractivity (Wildman–Crippen MR) is 77.4 cm³/mol. The van der Waals surface area contributed by atoms with Crippen LogP contribution in [0.4, 0.5) is 0 Å². The van der Waals surface area contributed by atoms with Gasteiger partial charge in [0.1, 0.15) is 0 Å². The van der Waals surface area contributed by atoms with Crippen LogP contribution in [0.2, 0.25) is 10.0 Å². The number of rotatable bonds is 3. The molecule has 0 amide bonds. The molecule has 0 aliphatic carbocycles. The van der Waals surface area contributed by atoms with Gasteiger partial charge >= 0.3 is 0 Å². The molecule has 0 radical (unpaired) electrons. The Morgan fingerprint density at radius 1 is 1.42 bits per heavy atom. The number of pyridine rings is 1. The number of nitrogens with zero attached hydrogens (tertiary/aromatic N) is 2. The summed E-state index contributed by atoms with van der Waals surface area (Å²) in [4.78, 5) is 6.11. The molecule has 19 heavy (non-hydrogen) atoms. The van der Waals surface area contributed by atoms with E-state index < -0.39 is 9.84 Å². The smallest absolute Gasteiger partial charge is 0.151 e. The fourth-order valence-electron chi connectivity index (χ4n) is 2.32. The summed E-state index contributed by atoms with van der Waals surface area (Å²) in [6.07, 6.45) is 6.09. The number of hydrogen-bond acceptors (Lipinski definition) is 4. The van der Waals surface area contributed by atoms with Crippen LogP contribution in [-0.4, -0.2) is 42.9 Å². The molecule has 0 N–H and O–H groups in total. The third kappa shape index (κ3) is 3.81. The van der Waals surface area contributed by atoms with Crippen LogP contribution in [0.3, 0.4) is 0 Å². The fraction of sp³-hybridized carbons (Fsp3) is 0.583. The Morgan fingerprint density at radius 2 is 2.16 bits per heavy atom. The Hall–Kier alpha value is -0.360. The van der Waals surface area contributed by atoms with E-state index in [-0.39, 0.29) is 5.25 Å². The van der Waals surface area contributed by atoms with Gasteiger partial charge in [0.15, 0.2) is 9.84 Å². The lowest BCUT2D eigenvalue weighted by molar-refractivity contribution is 0.222. The first kappa shape index (κ1) is 15.0. The first-order valence-electron chi connectivity index (χ1n) is 6.07. The van der Waals surface area contributed by atoms with Crippen LogP contribution < -0.4 is 0 Å². The van der Waals surface area contributed by atoms with Crippen molar-refractivity contribution in [2.24, 2.45) is 0 Å². The van der Waals surface area contributed by atoms with Crippen LogP contribution in [0.15, 0.2) is 12.4 Å². The summed E-state index contributed by atoms with van der Waals surface area (Å²) in [6, 6.07) is 0. The number of piperidine rings is 1. The van der Waals surface area contributed by atoms with Crippen molar-refractivity contribution in [2.75, 3.05) is 19.3 Å². The lowest BCUT2D eigenvalue weighted by atomic mass is 10.1. The molecule has 1 aromatic heterocycles. The SMILES string of the molecule is CS(=O)(=O)C1CCCN(Cc2cncc(Cl)c2Cl)C1.